The van der Waals surface area contributed by atoms with E-state index in [4.69, 9.17) is 19.3 Å². The minimum atomic E-state index is -0.328. The van der Waals surface area contributed by atoms with Crippen molar-refractivity contribution >= 4 is 5.91 Å². The van der Waals surface area contributed by atoms with Crippen LogP contribution in [0.1, 0.15) is 16.1 Å². The fourth-order valence-electron chi connectivity index (χ4n) is 3.48. The summed E-state index contributed by atoms with van der Waals surface area (Å²) in [5.41, 5.74) is 3.07. The van der Waals surface area contributed by atoms with Crippen LogP contribution in [-0.4, -0.2) is 37.0 Å². The summed E-state index contributed by atoms with van der Waals surface area (Å²) in [6.07, 6.45) is 0. The number of benzene rings is 3. The molecule has 4 aromatic rings. The van der Waals surface area contributed by atoms with E-state index >= 15 is 0 Å². The van der Waals surface area contributed by atoms with Crippen molar-refractivity contribution in [2.24, 2.45) is 0 Å². The van der Waals surface area contributed by atoms with Crippen molar-refractivity contribution in [2.45, 2.75) is 6.54 Å². The average Bonchev–Trinajstić information content (AvgIpc) is 3.33. The Bertz CT molecular complexity index is 1280. The lowest BCUT2D eigenvalue weighted by Gasteiger charge is -2.09. The fourth-order valence-corrected chi connectivity index (χ4v) is 3.48. The number of halogens is 1. The summed E-state index contributed by atoms with van der Waals surface area (Å²) in [6.45, 7) is 0.244. The van der Waals surface area contributed by atoms with Crippen LogP contribution in [0.25, 0.3) is 16.9 Å². The Morgan fingerprint density at radius 2 is 1.56 bits per heavy atom. The van der Waals surface area contributed by atoms with Gasteiger partial charge in [-0.3, -0.25) is 4.79 Å². The number of rotatable bonds is 8. The van der Waals surface area contributed by atoms with Gasteiger partial charge in [0, 0.05) is 18.2 Å². The molecule has 0 bridgehead atoms. The molecule has 0 saturated carbocycles. The minimum absolute atomic E-state index is 0.244. The highest BCUT2D eigenvalue weighted by Crippen LogP contribution is 2.33. The van der Waals surface area contributed by atoms with Gasteiger partial charge in [-0.2, -0.15) is 5.10 Å². The molecule has 1 aromatic heterocycles. The van der Waals surface area contributed by atoms with Gasteiger partial charge in [0.2, 0.25) is 0 Å². The first kappa shape index (κ1) is 22.8. The third-order valence-corrected chi connectivity index (χ3v) is 5.31. The summed E-state index contributed by atoms with van der Waals surface area (Å²) in [7, 11) is 4.73. The number of carbonyl (C=O) groups is 1. The number of hydrogen-bond acceptors (Lipinski definition) is 5. The van der Waals surface area contributed by atoms with Crippen LogP contribution in [0.4, 0.5) is 4.39 Å². The third kappa shape index (κ3) is 4.85. The number of hydrogen-bond donors (Lipinski definition) is 1. The number of carbonyl (C=O) groups excluding carboxylic acids is 1. The van der Waals surface area contributed by atoms with Gasteiger partial charge in [0.05, 0.1) is 32.7 Å². The lowest BCUT2D eigenvalue weighted by molar-refractivity contribution is 0.0943. The molecule has 0 radical (unpaired) electrons. The molecule has 0 unspecified atom stereocenters. The van der Waals surface area contributed by atoms with Gasteiger partial charge < -0.3 is 19.5 Å². The van der Waals surface area contributed by atoms with E-state index < -0.39 is 0 Å². The van der Waals surface area contributed by atoms with Crippen molar-refractivity contribution in [3.8, 4) is 34.2 Å². The normalized spacial score (nSPS) is 10.6. The smallest absolute Gasteiger partial charge is 0.270 e. The Hall–Kier alpha value is -4.33. The highest BCUT2D eigenvalue weighted by atomic mass is 19.1. The van der Waals surface area contributed by atoms with E-state index in [0.29, 0.717) is 39.9 Å². The predicted octanol–water partition coefficient (Wildman–Crippen LogP) is 4.63. The van der Waals surface area contributed by atoms with Crippen LogP contribution < -0.4 is 19.5 Å². The Labute approximate surface area is 196 Å². The third-order valence-electron chi connectivity index (χ3n) is 5.31. The van der Waals surface area contributed by atoms with Crippen LogP contribution in [0.15, 0.2) is 72.8 Å². The van der Waals surface area contributed by atoms with E-state index in [-0.39, 0.29) is 18.3 Å². The number of amides is 1. The van der Waals surface area contributed by atoms with Crippen molar-refractivity contribution in [3.05, 3.63) is 89.9 Å². The number of nitrogens with one attached hydrogen (secondary N) is 1. The SMILES string of the molecule is COc1ccc(-n2nc(-c3ccc(OC)cc3OC)cc2C(=O)NCc2ccc(F)cc2)cc1. The predicted molar refractivity (Wildman–Crippen MR) is 126 cm³/mol. The molecule has 34 heavy (non-hydrogen) atoms. The highest BCUT2D eigenvalue weighted by Gasteiger charge is 2.20. The second kappa shape index (κ2) is 10.1. The maximum Gasteiger partial charge on any atom is 0.270 e. The molecule has 3 aromatic carbocycles. The zero-order valence-electron chi connectivity index (χ0n) is 19.0. The van der Waals surface area contributed by atoms with Crippen molar-refractivity contribution in [2.75, 3.05) is 21.3 Å². The Morgan fingerprint density at radius 1 is 0.882 bits per heavy atom. The molecule has 0 spiro atoms. The van der Waals surface area contributed by atoms with E-state index in [1.54, 1.807) is 68.5 Å². The van der Waals surface area contributed by atoms with E-state index in [2.05, 4.69) is 5.32 Å². The first-order valence-electron chi connectivity index (χ1n) is 10.5. The van der Waals surface area contributed by atoms with Crippen LogP contribution in [0.5, 0.6) is 17.2 Å². The number of ether oxygens (including phenoxy) is 3. The van der Waals surface area contributed by atoms with Gasteiger partial charge in [-0.1, -0.05) is 12.1 Å². The second-order valence-corrected chi connectivity index (χ2v) is 7.40. The summed E-state index contributed by atoms with van der Waals surface area (Å²) in [5.74, 6) is 1.25. The molecule has 0 aliphatic heterocycles. The number of nitrogens with zero attached hydrogens (tertiary/aromatic N) is 2. The molecule has 4 rings (SSSR count). The Balaban J connectivity index is 1.72. The fraction of sp³-hybridized carbons (Fsp3) is 0.154. The lowest BCUT2D eigenvalue weighted by Crippen LogP contribution is -2.25. The molecule has 0 aliphatic carbocycles. The molecular formula is C26H24FN3O4. The summed E-state index contributed by atoms with van der Waals surface area (Å²) in [4.78, 5) is 13.2. The topological polar surface area (TPSA) is 74.6 Å². The molecule has 0 atom stereocenters. The molecule has 0 fully saturated rings. The molecule has 174 valence electrons. The van der Waals surface area contributed by atoms with Crippen molar-refractivity contribution < 1.29 is 23.4 Å². The van der Waals surface area contributed by atoms with Gasteiger partial charge in [-0.25, -0.2) is 9.07 Å². The number of methoxy groups -OCH3 is 3. The van der Waals surface area contributed by atoms with E-state index in [9.17, 15) is 9.18 Å². The monoisotopic (exact) mass is 461 g/mol. The molecule has 1 N–H and O–H groups in total. The number of aromatic nitrogens is 2. The van der Waals surface area contributed by atoms with Crippen molar-refractivity contribution in [1.29, 1.82) is 0 Å². The standard InChI is InChI=1S/C26H24FN3O4/c1-32-20-10-8-19(9-11-20)30-24(26(31)28-16-17-4-6-18(27)7-5-17)15-23(29-30)22-13-12-21(33-2)14-25(22)34-3/h4-15H,16H2,1-3H3,(H,28,31). The summed E-state index contributed by atoms with van der Waals surface area (Å²) < 4.78 is 30.8. The van der Waals surface area contributed by atoms with E-state index in [0.717, 1.165) is 5.56 Å². The lowest BCUT2D eigenvalue weighted by atomic mass is 10.1. The van der Waals surface area contributed by atoms with Gasteiger partial charge >= 0.3 is 0 Å². The van der Waals surface area contributed by atoms with E-state index in [1.807, 2.05) is 18.2 Å². The average molecular weight is 461 g/mol. The Morgan fingerprint density at radius 3 is 2.21 bits per heavy atom. The second-order valence-electron chi connectivity index (χ2n) is 7.40. The van der Waals surface area contributed by atoms with Crippen molar-refractivity contribution in [1.82, 2.24) is 15.1 Å². The molecular weight excluding hydrogens is 437 g/mol. The van der Waals surface area contributed by atoms with Gasteiger partial charge in [0.1, 0.15) is 28.8 Å². The highest BCUT2D eigenvalue weighted by molar-refractivity contribution is 5.94. The first-order valence-corrected chi connectivity index (χ1v) is 10.5. The zero-order valence-corrected chi connectivity index (χ0v) is 19.0. The molecule has 1 heterocycles. The van der Waals surface area contributed by atoms with Gasteiger partial charge in [-0.15, -0.1) is 0 Å². The maximum atomic E-state index is 13.2. The van der Waals surface area contributed by atoms with Crippen LogP contribution in [0.3, 0.4) is 0 Å². The summed E-state index contributed by atoms with van der Waals surface area (Å²) in [6, 6.07) is 20.3. The summed E-state index contributed by atoms with van der Waals surface area (Å²) in [5, 5.41) is 7.58. The molecule has 1 amide bonds. The maximum absolute atomic E-state index is 13.2. The first-order chi connectivity index (χ1) is 16.5. The largest absolute Gasteiger partial charge is 0.497 e. The Kier molecular flexibility index (Phi) is 6.77. The molecule has 8 heteroatoms. The molecule has 7 nitrogen and oxygen atoms in total. The minimum Gasteiger partial charge on any atom is -0.497 e. The van der Waals surface area contributed by atoms with Crippen molar-refractivity contribution in [3.63, 3.8) is 0 Å². The van der Waals surface area contributed by atoms with Gasteiger partial charge in [0.15, 0.2) is 0 Å². The van der Waals surface area contributed by atoms with Crippen LogP contribution in [-0.2, 0) is 6.54 Å². The van der Waals surface area contributed by atoms with Crippen LogP contribution in [0, 0.1) is 5.82 Å². The van der Waals surface area contributed by atoms with Crippen LogP contribution in [0.2, 0.25) is 0 Å². The molecule has 0 aliphatic rings. The summed E-state index contributed by atoms with van der Waals surface area (Å²) >= 11 is 0. The van der Waals surface area contributed by atoms with Crippen LogP contribution >= 0.6 is 0 Å². The van der Waals surface area contributed by atoms with Gasteiger partial charge in [0.25, 0.3) is 5.91 Å². The molecule has 0 saturated heterocycles. The van der Waals surface area contributed by atoms with E-state index in [1.165, 1.54) is 12.1 Å². The van der Waals surface area contributed by atoms with Gasteiger partial charge in [-0.05, 0) is 60.2 Å². The quantitative estimate of drug-likeness (QED) is 0.414. The zero-order chi connectivity index (χ0) is 24.1.